The smallest absolute Gasteiger partial charge is 0.243 e. The highest BCUT2D eigenvalue weighted by Crippen LogP contribution is 2.10. The molecule has 1 heterocycles. The van der Waals surface area contributed by atoms with E-state index in [1.54, 1.807) is 11.7 Å². The number of nitrogens with zero attached hydrogens (tertiary/aromatic N) is 3. The van der Waals surface area contributed by atoms with E-state index in [9.17, 15) is 0 Å². The van der Waals surface area contributed by atoms with Crippen molar-refractivity contribution in [3.63, 3.8) is 0 Å². The molecular weight excluding hydrogens is 142 g/mol. The molecule has 0 aromatic carbocycles. The zero-order valence-corrected chi connectivity index (χ0v) is 7.00. The summed E-state index contributed by atoms with van der Waals surface area (Å²) in [6, 6.07) is 0.254. The van der Waals surface area contributed by atoms with Gasteiger partial charge in [0.2, 0.25) is 11.9 Å². The maximum absolute atomic E-state index is 5.57. The minimum Gasteiger partial charge on any atom is -0.368 e. The quantitative estimate of drug-likeness (QED) is 0.652. The Bertz CT molecular complexity index is 239. The second-order valence-electron chi connectivity index (χ2n) is 2.58. The van der Waals surface area contributed by atoms with Crippen LogP contribution in [0.1, 0.15) is 19.9 Å². The van der Waals surface area contributed by atoms with Crippen molar-refractivity contribution in [3.8, 4) is 0 Å². The van der Waals surface area contributed by atoms with Crippen LogP contribution in [0.15, 0.2) is 0 Å². The van der Waals surface area contributed by atoms with Crippen molar-refractivity contribution in [1.29, 1.82) is 0 Å². The van der Waals surface area contributed by atoms with Crippen LogP contribution in [-0.2, 0) is 0 Å². The van der Waals surface area contributed by atoms with E-state index in [4.69, 9.17) is 5.73 Å². The number of hydrogen-bond acceptors (Lipinski definition) is 4. The van der Waals surface area contributed by atoms with Gasteiger partial charge in [-0.2, -0.15) is 4.98 Å². The molecule has 0 radical (unpaired) electrons. The van der Waals surface area contributed by atoms with E-state index in [0.29, 0.717) is 11.9 Å². The van der Waals surface area contributed by atoms with E-state index in [1.807, 2.05) is 13.8 Å². The lowest BCUT2D eigenvalue weighted by molar-refractivity contribution is 0.541. The molecule has 0 saturated heterocycles. The Morgan fingerprint density at radius 3 is 2.45 bits per heavy atom. The summed E-state index contributed by atoms with van der Waals surface area (Å²) in [5.41, 5.74) is 5.57. The fraction of sp³-hybridized carbons (Fsp3) is 0.667. The van der Waals surface area contributed by atoms with Gasteiger partial charge in [0.15, 0.2) is 0 Å². The first-order valence-corrected chi connectivity index (χ1v) is 3.55. The third kappa shape index (κ3) is 1.42. The predicted octanol–water partition coefficient (Wildman–Crippen LogP) is 0.483. The lowest BCUT2D eigenvalue weighted by Crippen LogP contribution is -2.07. The summed E-state index contributed by atoms with van der Waals surface area (Å²) in [6.45, 7) is 4.01. The fourth-order valence-electron chi connectivity index (χ4n) is 0.821. The number of anilines is 2. The van der Waals surface area contributed by atoms with E-state index in [2.05, 4.69) is 15.4 Å². The molecule has 5 nitrogen and oxygen atoms in total. The second-order valence-corrected chi connectivity index (χ2v) is 2.58. The van der Waals surface area contributed by atoms with Crippen LogP contribution in [0.25, 0.3) is 0 Å². The van der Waals surface area contributed by atoms with Gasteiger partial charge >= 0.3 is 0 Å². The Hall–Kier alpha value is -1.26. The molecule has 1 rings (SSSR count). The topological polar surface area (TPSA) is 68.8 Å². The van der Waals surface area contributed by atoms with Gasteiger partial charge in [0.05, 0.1) is 6.04 Å². The average Bonchev–Trinajstić information content (AvgIpc) is 2.30. The van der Waals surface area contributed by atoms with Crippen molar-refractivity contribution in [2.45, 2.75) is 19.9 Å². The molecule has 0 bridgehead atoms. The predicted molar refractivity (Wildman–Crippen MR) is 44.4 cm³/mol. The zero-order chi connectivity index (χ0) is 8.43. The molecule has 0 fully saturated rings. The average molecular weight is 155 g/mol. The van der Waals surface area contributed by atoms with Gasteiger partial charge in [-0.15, -0.1) is 5.10 Å². The number of nitrogens with one attached hydrogen (secondary N) is 1. The zero-order valence-electron chi connectivity index (χ0n) is 7.00. The van der Waals surface area contributed by atoms with Crippen molar-refractivity contribution in [2.24, 2.45) is 0 Å². The van der Waals surface area contributed by atoms with Crippen molar-refractivity contribution >= 4 is 11.9 Å². The molecule has 0 amide bonds. The normalized spacial score (nSPS) is 10.5. The SMILES string of the molecule is CNc1nc(N)n(C(C)C)n1. The number of aromatic nitrogens is 3. The summed E-state index contributed by atoms with van der Waals surface area (Å²) >= 11 is 0. The Balaban J connectivity index is 2.97. The van der Waals surface area contributed by atoms with Crippen LogP contribution in [0.4, 0.5) is 11.9 Å². The number of nitrogen functional groups attached to an aromatic ring is 1. The molecule has 0 spiro atoms. The Labute approximate surface area is 65.6 Å². The van der Waals surface area contributed by atoms with Crippen LogP contribution in [0.2, 0.25) is 0 Å². The third-order valence-corrected chi connectivity index (χ3v) is 1.37. The first-order valence-electron chi connectivity index (χ1n) is 3.55. The molecule has 0 aliphatic heterocycles. The van der Waals surface area contributed by atoms with Crippen LogP contribution >= 0.6 is 0 Å². The highest BCUT2D eigenvalue weighted by Gasteiger charge is 2.06. The van der Waals surface area contributed by atoms with E-state index in [0.717, 1.165) is 0 Å². The molecule has 0 aliphatic rings. The molecule has 0 atom stereocenters. The minimum absolute atomic E-state index is 0.254. The summed E-state index contributed by atoms with van der Waals surface area (Å²) in [5, 5.41) is 6.92. The molecule has 1 aromatic rings. The minimum atomic E-state index is 0.254. The fourth-order valence-corrected chi connectivity index (χ4v) is 0.821. The van der Waals surface area contributed by atoms with Gasteiger partial charge in [-0.25, -0.2) is 4.68 Å². The third-order valence-electron chi connectivity index (χ3n) is 1.37. The lowest BCUT2D eigenvalue weighted by Gasteiger charge is -2.04. The summed E-state index contributed by atoms with van der Waals surface area (Å²) in [7, 11) is 1.76. The molecule has 5 heteroatoms. The van der Waals surface area contributed by atoms with Crippen molar-refractivity contribution in [3.05, 3.63) is 0 Å². The number of rotatable bonds is 2. The van der Waals surface area contributed by atoms with Crippen molar-refractivity contribution < 1.29 is 0 Å². The summed E-state index contributed by atoms with van der Waals surface area (Å²) in [4.78, 5) is 3.97. The van der Waals surface area contributed by atoms with E-state index < -0.39 is 0 Å². The largest absolute Gasteiger partial charge is 0.368 e. The van der Waals surface area contributed by atoms with Gasteiger partial charge < -0.3 is 11.1 Å². The van der Waals surface area contributed by atoms with Crippen LogP contribution in [0.5, 0.6) is 0 Å². The van der Waals surface area contributed by atoms with Gasteiger partial charge in [-0.1, -0.05) is 0 Å². The van der Waals surface area contributed by atoms with Crippen LogP contribution < -0.4 is 11.1 Å². The van der Waals surface area contributed by atoms with Crippen molar-refractivity contribution in [1.82, 2.24) is 14.8 Å². The van der Waals surface area contributed by atoms with Crippen LogP contribution in [0.3, 0.4) is 0 Å². The maximum Gasteiger partial charge on any atom is 0.243 e. The monoisotopic (exact) mass is 155 g/mol. The number of hydrogen-bond donors (Lipinski definition) is 2. The van der Waals surface area contributed by atoms with Gasteiger partial charge in [-0.3, -0.25) is 0 Å². The molecule has 0 unspecified atom stereocenters. The van der Waals surface area contributed by atoms with Gasteiger partial charge in [0.1, 0.15) is 0 Å². The maximum atomic E-state index is 5.57. The van der Waals surface area contributed by atoms with Crippen LogP contribution in [-0.4, -0.2) is 21.8 Å². The molecule has 11 heavy (non-hydrogen) atoms. The highest BCUT2D eigenvalue weighted by atomic mass is 15.4. The first-order chi connectivity index (χ1) is 5.15. The first kappa shape index (κ1) is 7.84. The van der Waals surface area contributed by atoms with Gasteiger partial charge in [0.25, 0.3) is 0 Å². The molecule has 62 valence electrons. The van der Waals surface area contributed by atoms with Crippen LogP contribution in [0, 0.1) is 0 Å². The molecular formula is C6H13N5. The van der Waals surface area contributed by atoms with Gasteiger partial charge in [-0.05, 0) is 13.8 Å². The summed E-state index contributed by atoms with van der Waals surface area (Å²) in [6.07, 6.45) is 0. The molecule has 1 aromatic heterocycles. The highest BCUT2D eigenvalue weighted by molar-refractivity contribution is 5.30. The Morgan fingerprint density at radius 1 is 1.55 bits per heavy atom. The van der Waals surface area contributed by atoms with Gasteiger partial charge in [0, 0.05) is 7.05 Å². The lowest BCUT2D eigenvalue weighted by atomic mass is 10.4. The molecule has 0 saturated carbocycles. The Morgan fingerprint density at radius 2 is 2.18 bits per heavy atom. The molecule has 3 N–H and O–H groups in total. The second kappa shape index (κ2) is 2.77. The van der Waals surface area contributed by atoms with Crippen molar-refractivity contribution in [2.75, 3.05) is 18.1 Å². The van der Waals surface area contributed by atoms with E-state index in [1.165, 1.54) is 0 Å². The Kier molecular flexibility index (Phi) is 1.98. The summed E-state index contributed by atoms with van der Waals surface area (Å²) in [5.74, 6) is 1.01. The molecule has 0 aliphatic carbocycles. The number of nitrogens with two attached hydrogens (primary N) is 1. The van der Waals surface area contributed by atoms with E-state index >= 15 is 0 Å². The van der Waals surface area contributed by atoms with E-state index in [-0.39, 0.29) is 6.04 Å². The summed E-state index contributed by atoms with van der Waals surface area (Å²) < 4.78 is 1.67. The standard InChI is InChI=1S/C6H13N5/c1-4(2)11-5(7)9-6(8-3)10-11/h4H,1-3H3,(H3,7,8,9,10).